The number of benzene rings is 1. The van der Waals surface area contributed by atoms with E-state index in [0.29, 0.717) is 6.54 Å². The van der Waals surface area contributed by atoms with Crippen LogP contribution < -0.4 is 11.1 Å². The second-order valence-electron chi connectivity index (χ2n) is 4.09. The summed E-state index contributed by atoms with van der Waals surface area (Å²) in [6.07, 6.45) is 1.66. The van der Waals surface area contributed by atoms with Gasteiger partial charge in [0.2, 0.25) is 0 Å². The first kappa shape index (κ1) is 10.6. The third-order valence-electron chi connectivity index (χ3n) is 2.97. The van der Waals surface area contributed by atoms with E-state index in [-0.39, 0.29) is 12.1 Å². The van der Waals surface area contributed by atoms with Gasteiger partial charge in [0.25, 0.3) is 0 Å². The van der Waals surface area contributed by atoms with Crippen LogP contribution in [0.1, 0.15) is 30.0 Å². The SMILES string of the molecule is NCc1cccc(C2NCCCC2O)c1. The molecule has 0 saturated carbocycles. The van der Waals surface area contributed by atoms with Crippen molar-refractivity contribution >= 4 is 0 Å². The Morgan fingerprint density at radius 3 is 3.07 bits per heavy atom. The molecule has 1 heterocycles. The van der Waals surface area contributed by atoms with E-state index in [4.69, 9.17) is 5.73 Å². The molecular weight excluding hydrogens is 188 g/mol. The normalized spacial score (nSPS) is 26.5. The minimum Gasteiger partial charge on any atom is -0.391 e. The monoisotopic (exact) mass is 206 g/mol. The standard InChI is InChI=1S/C12H18N2O/c13-8-9-3-1-4-10(7-9)12-11(15)5-2-6-14-12/h1,3-4,7,11-12,14-15H,2,5-6,8,13H2. The van der Waals surface area contributed by atoms with Gasteiger partial charge in [-0.2, -0.15) is 0 Å². The first-order valence-corrected chi connectivity index (χ1v) is 5.51. The molecule has 0 bridgehead atoms. The van der Waals surface area contributed by atoms with Gasteiger partial charge in [0.15, 0.2) is 0 Å². The van der Waals surface area contributed by atoms with Crippen LogP contribution in [0.5, 0.6) is 0 Å². The van der Waals surface area contributed by atoms with E-state index < -0.39 is 0 Å². The zero-order valence-electron chi connectivity index (χ0n) is 8.82. The van der Waals surface area contributed by atoms with Crippen LogP contribution in [0, 0.1) is 0 Å². The van der Waals surface area contributed by atoms with Gasteiger partial charge in [0.1, 0.15) is 0 Å². The average Bonchev–Trinajstić information content (AvgIpc) is 2.30. The Labute approximate surface area is 90.3 Å². The van der Waals surface area contributed by atoms with Crippen molar-refractivity contribution < 1.29 is 5.11 Å². The number of aliphatic hydroxyl groups is 1. The Morgan fingerprint density at radius 1 is 1.47 bits per heavy atom. The number of hydrogen-bond donors (Lipinski definition) is 3. The highest BCUT2D eigenvalue weighted by Crippen LogP contribution is 2.23. The predicted octanol–water partition coefficient (Wildman–Crippen LogP) is 0.931. The van der Waals surface area contributed by atoms with E-state index in [1.54, 1.807) is 0 Å². The highest BCUT2D eigenvalue weighted by atomic mass is 16.3. The molecule has 0 spiro atoms. The van der Waals surface area contributed by atoms with Crippen molar-refractivity contribution in [3.63, 3.8) is 0 Å². The first-order chi connectivity index (χ1) is 7.31. The van der Waals surface area contributed by atoms with Crippen LogP contribution in [0.2, 0.25) is 0 Å². The molecule has 15 heavy (non-hydrogen) atoms. The fourth-order valence-corrected chi connectivity index (χ4v) is 2.13. The largest absolute Gasteiger partial charge is 0.391 e. The lowest BCUT2D eigenvalue weighted by Crippen LogP contribution is -2.37. The molecule has 2 atom stereocenters. The lowest BCUT2D eigenvalue weighted by molar-refractivity contribution is 0.0965. The molecule has 2 unspecified atom stereocenters. The molecule has 1 saturated heterocycles. The number of nitrogens with one attached hydrogen (secondary N) is 1. The molecule has 0 radical (unpaired) electrons. The van der Waals surface area contributed by atoms with Gasteiger partial charge in [-0.25, -0.2) is 0 Å². The summed E-state index contributed by atoms with van der Waals surface area (Å²) < 4.78 is 0. The van der Waals surface area contributed by atoms with Crippen molar-refractivity contribution in [3.05, 3.63) is 35.4 Å². The van der Waals surface area contributed by atoms with Crippen LogP contribution in [0.3, 0.4) is 0 Å². The molecule has 1 aliphatic rings. The van der Waals surface area contributed by atoms with Crippen molar-refractivity contribution in [2.24, 2.45) is 5.73 Å². The Hall–Kier alpha value is -0.900. The number of rotatable bonds is 2. The van der Waals surface area contributed by atoms with E-state index in [1.165, 1.54) is 0 Å². The van der Waals surface area contributed by atoms with Crippen molar-refractivity contribution in [1.82, 2.24) is 5.32 Å². The average molecular weight is 206 g/mol. The van der Waals surface area contributed by atoms with Gasteiger partial charge in [-0.3, -0.25) is 0 Å². The molecule has 3 heteroatoms. The molecule has 3 nitrogen and oxygen atoms in total. The quantitative estimate of drug-likeness (QED) is 0.674. The summed E-state index contributed by atoms with van der Waals surface area (Å²) in [5, 5.41) is 13.2. The third-order valence-corrected chi connectivity index (χ3v) is 2.97. The fourth-order valence-electron chi connectivity index (χ4n) is 2.13. The molecule has 0 aliphatic carbocycles. The summed E-state index contributed by atoms with van der Waals surface area (Å²) in [6, 6.07) is 8.21. The van der Waals surface area contributed by atoms with Crippen LogP contribution in [0.4, 0.5) is 0 Å². The van der Waals surface area contributed by atoms with Crippen molar-refractivity contribution in [1.29, 1.82) is 0 Å². The Kier molecular flexibility index (Phi) is 3.36. The molecular formula is C12H18N2O. The molecule has 1 aromatic carbocycles. The van der Waals surface area contributed by atoms with Crippen LogP contribution in [-0.2, 0) is 6.54 Å². The van der Waals surface area contributed by atoms with E-state index >= 15 is 0 Å². The minimum absolute atomic E-state index is 0.0743. The number of nitrogens with two attached hydrogens (primary N) is 1. The lowest BCUT2D eigenvalue weighted by Gasteiger charge is -2.29. The van der Waals surface area contributed by atoms with E-state index in [1.807, 2.05) is 18.2 Å². The van der Waals surface area contributed by atoms with Gasteiger partial charge in [-0.05, 0) is 30.5 Å². The maximum absolute atomic E-state index is 9.89. The van der Waals surface area contributed by atoms with Gasteiger partial charge >= 0.3 is 0 Å². The number of aliphatic hydroxyl groups excluding tert-OH is 1. The summed E-state index contributed by atoms with van der Waals surface area (Å²) >= 11 is 0. The first-order valence-electron chi connectivity index (χ1n) is 5.51. The van der Waals surface area contributed by atoms with Gasteiger partial charge in [0.05, 0.1) is 12.1 Å². The number of hydrogen-bond acceptors (Lipinski definition) is 3. The van der Waals surface area contributed by atoms with Crippen molar-refractivity contribution in [2.75, 3.05) is 6.54 Å². The minimum atomic E-state index is -0.272. The summed E-state index contributed by atoms with van der Waals surface area (Å²) in [5.41, 5.74) is 7.86. The topological polar surface area (TPSA) is 58.3 Å². The maximum atomic E-state index is 9.89. The molecule has 2 rings (SSSR count). The van der Waals surface area contributed by atoms with E-state index in [2.05, 4.69) is 11.4 Å². The molecule has 1 aromatic rings. The molecule has 1 fully saturated rings. The van der Waals surface area contributed by atoms with Crippen LogP contribution in [0.25, 0.3) is 0 Å². The maximum Gasteiger partial charge on any atom is 0.0735 e. The lowest BCUT2D eigenvalue weighted by atomic mass is 9.93. The molecule has 1 aliphatic heterocycles. The number of piperidine rings is 1. The second-order valence-corrected chi connectivity index (χ2v) is 4.09. The van der Waals surface area contributed by atoms with Crippen LogP contribution >= 0.6 is 0 Å². The zero-order chi connectivity index (χ0) is 10.7. The van der Waals surface area contributed by atoms with Gasteiger partial charge < -0.3 is 16.2 Å². The molecule has 0 aromatic heterocycles. The molecule has 0 amide bonds. The van der Waals surface area contributed by atoms with Crippen molar-refractivity contribution in [2.45, 2.75) is 31.5 Å². The second kappa shape index (κ2) is 4.75. The van der Waals surface area contributed by atoms with Crippen LogP contribution in [-0.4, -0.2) is 17.8 Å². The third kappa shape index (κ3) is 2.37. The summed E-state index contributed by atoms with van der Waals surface area (Å²) in [4.78, 5) is 0. The van der Waals surface area contributed by atoms with Crippen LogP contribution in [0.15, 0.2) is 24.3 Å². The highest BCUT2D eigenvalue weighted by Gasteiger charge is 2.23. The van der Waals surface area contributed by atoms with E-state index in [0.717, 1.165) is 30.5 Å². The van der Waals surface area contributed by atoms with Crippen molar-refractivity contribution in [3.8, 4) is 0 Å². The predicted molar refractivity (Wildman–Crippen MR) is 60.3 cm³/mol. The summed E-state index contributed by atoms with van der Waals surface area (Å²) in [7, 11) is 0. The van der Waals surface area contributed by atoms with E-state index in [9.17, 15) is 5.11 Å². The molecule has 82 valence electrons. The van der Waals surface area contributed by atoms with Gasteiger partial charge in [-0.1, -0.05) is 24.3 Å². The van der Waals surface area contributed by atoms with Gasteiger partial charge in [0, 0.05) is 6.54 Å². The zero-order valence-corrected chi connectivity index (χ0v) is 8.82. The summed E-state index contributed by atoms with van der Waals surface area (Å²) in [5.74, 6) is 0. The summed E-state index contributed by atoms with van der Waals surface area (Å²) in [6.45, 7) is 1.53. The smallest absolute Gasteiger partial charge is 0.0735 e. The Morgan fingerprint density at radius 2 is 2.33 bits per heavy atom. The Bertz CT molecular complexity index is 327. The highest BCUT2D eigenvalue weighted by molar-refractivity contribution is 5.27. The van der Waals surface area contributed by atoms with Gasteiger partial charge in [-0.15, -0.1) is 0 Å². The fraction of sp³-hybridized carbons (Fsp3) is 0.500. The molecule has 4 N–H and O–H groups in total. The Balaban J connectivity index is 2.19.